The van der Waals surface area contributed by atoms with E-state index in [1.807, 2.05) is 6.92 Å². The first-order chi connectivity index (χ1) is 14.7. The van der Waals surface area contributed by atoms with Gasteiger partial charge in [0.05, 0.1) is 19.3 Å². The first kappa shape index (κ1) is 20.5. The number of hydrogen-bond acceptors (Lipinski definition) is 5. The normalized spacial score (nSPS) is 25.0. The summed E-state index contributed by atoms with van der Waals surface area (Å²) < 4.78 is 29.8. The highest BCUT2D eigenvalue weighted by atomic mass is 32.2. The fraction of sp³-hybridized carbons (Fsp3) is 0.524. The first-order valence-corrected chi connectivity index (χ1v) is 12.1. The van der Waals surface area contributed by atoms with Gasteiger partial charge in [0.1, 0.15) is 4.90 Å². The van der Waals surface area contributed by atoms with E-state index < -0.39 is 21.5 Å². The van der Waals surface area contributed by atoms with Crippen LogP contribution in [0.2, 0.25) is 0 Å². The van der Waals surface area contributed by atoms with Crippen molar-refractivity contribution in [2.45, 2.75) is 62.5 Å². The number of anilines is 1. The molecule has 2 amide bonds. The van der Waals surface area contributed by atoms with Crippen molar-refractivity contribution < 1.29 is 18.5 Å². The molecule has 10 heteroatoms. The van der Waals surface area contributed by atoms with Gasteiger partial charge in [0, 0.05) is 12.8 Å². The molecule has 3 N–H and O–H groups in total. The Morgan fingerprint density at radius 1 is 1.48 bits per heavy atom. The van der Waals surface area contributed by atoms with Crippen LogP contribution in [0.3, 0.4) is 0 Å². The maximum atomic E-state index is 13.2. The zero-order valence-corrected chi connectivity index (χ0v) is 18.8. The van der Waals surface area contributed by atoms with Gasteiger partial charge in [0.25, 0.3) is 0 Å². The van der Waals surface area contributed by atoms with Crippen molar-refractivity contribution >= 4 is 21.6 Å². The molecule has 2 aliphatic carbocycles. The molecule has 0 saturated heterocycles. The van der Waals surface area contributed by atoms with Crippen LogP contribution in [-0.2, 0) is 40.5 Å². The molecular weight excluding hydrogens is 418 g/mol. The van der Waals surface area contributed by atoms with Gasteiger partial charge in [-0.25, -0.2) is 18.8 Å². The molecule has 5 rings (SSSR count). The Hall–Kier alpha value is -2.43. The number of nitrogens with zero attached hydrogens (tertiary/aromatic N) is 3. The summed E-state index contributed by atoms with van der Waals surface area (Å²) in [6, 6.07) is 1.55. The Morgan fingerprint density at radius 3 is 3.03 bits per heavy atom. The third-order valence-electron chi connectivity index (χ3n) is 6.35. The lowest BCUT2D eigenvalue weighted by molar-refractivity contribution is 0.0165. The number of ether oxygens (including phenoxy) is 2. The molecule has 1 aliphatic heterocycles. The summed E-state index contributed by atoms with van der Waals surface area (Å²) in [7, 11) is -1.96. The number of fused-ring (bicyclic) bond motifs is 3. The van der Waals surface area contributed by atoms with Crippen molar-refractivity contribution in [3.63, 3.8) is 0 Å². The molecular formula is C21H27N5O4S. The van der Waals surface area contributed by atoms with Gasteiger partial charge >= 0.3 is 6.03 Å². The molecule has 0 radical (unpaired) electrons. The number of carbonyl (C=O) groups excluding carboxylic acids is 1. The Balaban J connectivity index is 1.45. The Morgan fingerprint density at radius 2 is 2.29 bits per heavy atom. The lowest BCUT2D eigenvalue weighted by atomic mass is 9.75. The molecule has 2 aromatic rings. The van der Waals surface area contributed by atoms with Crippen molar-refractivity contribution in [2.24, 2.45) is 9.50 Å². The Kier molecular flexibility index (Phi) is 4.65. The van der Waals surface area contributed by atoms with Gasteiger partial charge in [0.15, 0.2) is 15.5 Å². The Labute approximate surface area is 181 Å². The third kappa shape index (κ3) is 3.33. The lowest BCUT2D eigenvalue weighted by Crippen LogP contribution is -2.36. The summed E-state index contributed by atoms with van der Waals surface area (Å²) in [5.41, 5.74) is 5.08. The Bertz CT molecular complexity index is 1210. The highest BCUT2D eigenvalue weighted by molar-refractivity contribution is 7.91. The maximum absolute atomic E-state index is 13.2. The van der Waals surface area contributed by atoms with E-state index in [1.165, 1.54) is 22.9 Å². The molecule has 3 aliphatic rings. The van der Waals surface area contributed by atoms with Gasteiger partial charge in [0.2, 0.25) is 5.88 Å². The van der Waals surface area contributed by atoms with E-state index in [0.29, 0.717) is 19.1 Å². The van der Waals surface area contributed by atoms with Crippen molar-refractivity contribution in [2.75, 3.05) is 19.0 Å². The summed E-state index contributed by atoms with van der Waals surface area (Å²) in [6.45, 7) is 4.78. The fourth-order valence-corrected chi connectivity index (χ4v) is 6.02. The van der Waals surface area contributed by atoms with Crippen LogP contribution in [0, 0.1) is 0 Å². The molecule has 1 unspecified atom stereocenters. The number of urea groups is 1. The molecule has 9 nitrogen and oxygen atoms in total. The molecule has 3 atom stereocenters. The highest BCUT2D eigenvalue weighted by Crippen LogP contribution is 2.45. The van der Waals surface area contributed by atoms with Crippen molar-refractivity contribution in [3.05, 3.63) is 34.5 Å². The van der Waals surface area contributed by atoms with Crippen LogP contribution in [0.15, 0.2) is 21.5 Å². The minimum Gasteiger partial charge on any atom is -0.466 e. The summed E-state index contributed by atoms with van der Waals surface area (Å²) >= 11 is 0. The smallest absolute Gasteiger partial charge is 0.354 e. The summed E-state index contributed by atoms with van der Waals surface area (Å²) in [5, 5.41) is 13.1. The van der Waals surface area contributed by atoms with Crippen LogP contribution in [-0.4, -0.2) is 39.3 Å². The maximum Gasteiger partial charge on any atom is 0.354 e. The zero-order valence-electron chi connectivity index (χ0n) is 17.9. The third-order valence-corrected chi connectivity index (χ3v) is 7.69. The lowest BCUT2D eigenvalue weighted by Gasteiger charge is -2.31. The minimum absolute atomic E-state index is 0.113. The second kappa shape index (κ2) is 7.04. The number of nitrogens with one attached hydrogen (secondary N) is 1. The van der Waals surface area contributed by atoms with Gasteiger partial charge in [-0.05, 0) is 60.8 Å². The van der Waals surface area contributed by atoms with Crippen LogP contribution in [0.1, 0.15) is 48.4 Å². The largest absolute Gasteiger partial charge is 0.466 e. The predicted molar refractivity (Wildman–Crippen MR) is 116 cm³/mol. The molecule has 1 aromatic carbocycles. The number of carbonyl (C=O) groups is 1. The van der Waals surface area contributed by atoms with Crippen molar-refractivity contribution in [1.29, 1.82) is 0 Å². The van der Waals surface area contributed by atoms with Crippen molar-refractivity contribution in [1.82, 2.24) is 9.78 Å². The van der Waals surface area contributed by atoms with Crippen LogP contribution in [0.4, 0.5) is 10.5 Å². The van der Waals surface area contributed by atoms with Gasteiger partial charge in [-0.1, -0.05) is 13.0 Å². The number of amides is 2. The van der Waals surface area contributed by atoms with E-state index in [2.05, 4.69) is 27.8 Å². The number of methoxy groups -OCH3 is 1. The number of aryl methyl sites for hydroxylation is 1. The second-order valence-corrected chi connectivity index (χ2v) is 10.7. The SMILES string of the molecule is COC[C@]1(C)Cn2ncc(S(N)(=O)=NC(=O)Nc3c4c(cc5c3[C@@H](C)C5)CCC4)c2O1. The summed E-state index contributed by atoms with van der Waals surface area (Å²) in [4.78, 5) is 12.9. The molecule has 2 heterocycles. The molecule has 0 fully saturated rings. The van der Waals surface area contributed by atoms with Crippen LogP contribution < -0.4 is 15.2 Å². The van der Waals surface area contributed by atoms with E-state index in [-0.39, 0.29) is 10.8 Å². The van der Waals surface area contributed by atoms with Crippen LogP contribution in [0.5, 0.6) is 5.88 Å². The quantitative estimate of drug-likeness (QED) is 0.750. The molecule has 166 valence electrons. The number of rotatable bonds is 4. The molecule has 31 heavy (non-hydrogen) atoms. The van der Waals surface area contributed by atoms with Gasteiger partial charge in [-0.15, -0.1) is 4.36 Å². The number of nitrogens with two attached hydrogens (primary N) is 1. The van der Waals surface area contributed by atoms with Crippen LogP contribution >= 0.6 is 0 Å². The molecule has 1 aromatic heterocycles. The number of hydrogen-bond donors (Lipinski definition) is 2. The van der Waals surface area contributed by atoms with Gasteiger partial charge in [-0.3, -0.25) is 0 Å². The van der Waals surface area contributed by atoms with Gasteiger partial charge < -0.3 is 14.8 Å². The van der Waals surface area contributed by atoms with E-state index in [4.69, 9.17) is 14.6 Å². The number of benzene rings is 1. The minimum atomic E-state index is -3.55. The van der Waals surface area contributed by atoms with E-state index in [0.717, 1.165) is 36.9 Å². The summed E-state index contributed by atoms with van der Waals surface area (Å²) in [5.74, 6) is 0.645. The second-order valence-electron chi connectivity index (χ2n) is 8.97. The first-order valence-electron chi connectivity index (χ1n) is 10.5. The highest BCUT2D eigenvalue weighted by Gasteiger charge is 2.39. The summed E-state index contributed by atoms with van der Waals surface area (Å²) in [6.07, 6.45) is 5.38. The fourth-order valence-electron chi connectivity index (χ4n) is 5.04. The van der Waals surface area contributed by atoms with E-state index >= 15 is 0 Å². The van der Waals surface area contributed by atoms with E-state index in [9.17, 15) is 9.00 Å². The average molecular weight is 446 g/mol. The number of aromatic nitrogens is 2. The standard InChI is InChI=1S/C21H27N5O4S/c1-12-7-14-8-13-5-4-6-15(13)18(17(12)14)24-20(27)25-31(22,28)16-9-23-26-10-21(2,11-29-3)30-19(16)26/h8-9,12H,4-7,10-11H2,1-3H3,(H3,22,24,25,27,28)/t12-,21-,31?/m0/s1. The zero-order chi connectivity index (χ0) is 22.0. The topological polar surface area (TPSA) is 121 Å². The predicted octanol–water partition coefficient (Wildman–Crippen LogP) is 2.76. The van der Waals surface area contributed by atoms with Gasteiger partial charge in [-0.2, -0.15) is 5.10 Å². The van der Waals surface area contributed by atoms with Crippen LogP contribution in [0.25, 0.3) is 0 Å². The molecule has 0 bridgehead atoms. The molecule has 0 saturated carbocycles. The average Bonchev–Trinajstić information content (AvgIpc) is 3.34. The molecule has 0 spiro atoms. The monoisotopic (exact) mass is 445 g/mol. The van der Waals surface area contributed by atoms with Crippen molar-refractivity contribution in [3.8, 4) is 5.88 Å². The van der Waals surface area contributed by atoms with E-state index in [1.54, 1.807) is 11.8 Å².